The summed E-state index contributed by atoms with van der Waals surface area (Å²) >= 11 is 0. The van der Waals surface area contributed by atoms with Gasteiger partial charge in [0.2, 0.25) is 5.82 Å². The van der Waals surface area contributed by atoms with Crippen LogP contribution in [0.4, 0.5) is 4.39 Å². The Labute approximate surface area is 173 Å². The molecule has 1 aliphatic heterocycles. The van der Waals surface area contributed by atoms with E-state index in [4.69, 9.17) is 5.73 Å². The van der Waals surface area contributed by atoms with Crippen molar-refractivity contribution in [2.24, 2.45) is 11.7 Å². The topological polar surface area (TPSA) is 74.6 Å². The number of hydrogen-bond donors (Lipinski definition) is 1. The van der Waals surface area contributed by atoms with Crippen LogP contribution in [-0.2, 0) is 13.0 Å². The molecule has 0 spiro atoms. The van der Waals surface area contributed by atoms with E-state index in [9.17, 15) is 4.39 Å². The van der Waals surface area contributed by atoms with Gasteiger partial charge in [0.1, 0.15) is 5.82 Å². The average Bonchev–Trinajstić information content (AvgIpc) is 3.33. The second-order valence-electron chi connectivity index (χ2n) is 8.43. The van der Waals surface area contributed by atoms with E-state index >= 15 is 0 Å². The summed E-state index contributed by atoms with van der Waals surface area (Å²) < 4.78 is 17.3. The molecule has 2 aromatic carbocycles. The van der Waals surface area contributed by atoms with Crippen molar-refractivity contribution in [3.8, 4) is 28.3 Å². The highest BCUT2D eigenvalue weighted by atomic mass is 19.1. The number of nitrogens with zero attached hydrogens (tertiary/aromatic N) is 5. The zero-order valence-corrected chi connectivity index (χ0v) is 16.4. The van der Waals surface area contributed by atoms with Gasteiger partial charge < -0.3 is 10.3 Å². The van der Waals surface area contributed by atoms with Crippen LogP contribution in [0.1, 0.15) is 24.0 Å². The monoisotopic (exact) mass is 400 g/mol. The molecule has 150 valence electrons. The van der Waals surface area contributed by atoms with Crippen LogP contribution in [0.15, 0.2) is 54.7 Å². The fourth-order valence-electron chi connectivity index (χ4n) is 4.71. The van der Waals surface area contributed by atoms with E-state index in [-0.39, 0.29) is 5.82 Å². The number of fused-ring (bicyclic) bond motifs is 5. The Kier molecular flexibility index (Phi) is 3.86. The number of hydrogen-bond acceptors (Lipinski definition) is 4. The van der Waals surface area contributed by atoms with Crippen molar-refractivity contribution in [3.63, 3.8) is 0 Å². The summed E-state index contributed by atoms with van der Waals surface area (Å²) in [6.07, 6.45) is 5.37. The van der Waals surface area contributed by atoms with E-state index in [0.29, 0.717) is 17.8 Å². The largest absolute Gasteiger partial charge is 0.340 e. The molecule has 30 heavy (non-hydrogen) atoms. The molecule has 2 aliphatic rings. The summed E-state index contributed by atoms with van der Waals surface area (Å²) in [5.74, 6) is 1.15. The molecular weight excluding hydrogens is 379 g/mol. The van der Waals surface area contributed by atoms with E-state index in [1.165, 1.54) is 23.3 Å². The molecule has 0 amide bonds. The van der Waals surface area contributed by atoms with Gasteiger partial charge >= 0.3 is 0 Å². The SMILES string of the molecule is NC1CC(Cc2ccc3c(c2)Cn2cc(-c4ccc(F)cc4)cc2-c2nnnn2-3)C1. The highest BCUT2D eigenvalue weighted by Crippen LogP contribution is 2.34. The third-order valence-corrected chi connectivity index (χ3v) is 6.28. The molecule has 0 atom stereocenters. The van der Waals surface area contributed by atoms with Gasteiger partial charge in [-0.3, -0.25) is 0 Å². The zero-order chi connectivity index (χ0) is 20.2. The maximum Gasteiger partial charge on any atom is 0.203 e. The molecule has 0 radical (unpaired) electrons. The predicted octanol–water partition coefficient (Wildman–Crippen LogP) is 3.58. The molecular formula is C23H21FN6. The third-order valence-electron chi connectivity index (χ3n) is 6.28. The molecule has 6 nitrogen and oxygen atoms in total. The summed E-state index contributed by atoms with van der Waals surface area (Å²) in [6, 6.07) is 15.6. The Morgan fingerprint density at radius 3 is 2.67 bits per heavy atom. The second kappa shape index (κ2) is 6.60. The molecule has 0 saturated heterocycles. The first kappa shape index (κ1) is 17.5. The summed E-state index contributed by atoms with van der Waals surface area (Å²) in [4.78, 5) is 0. The van der Waals surface area contributed by atoms with E-state index in [2.05, 4.69) is 50.6 Å². The minimum Gasteiger partial charge on any atom is -0.340 e. The van der Waals surface area contributed by atoms with Crippen LogP contribution in [0.5, 0.6) is 0 Å². The lowest BCUT2D eigenvalue weighted by Gasteiger charge is -2.32. The van der Waals surface area contributed by atoms with Gasteiger partial charge in [-0.25, -0.2) is 4.39 Å². The van der Waals surface area contributed by atoms with E-state index in [1.807, 2.05) is 4.68 Å². The lowest BCUT2D eigenvalue weighted by atomic mass is 9.77. The smallest absolute Gasteiger partial charge is 0.203 e. The number of tetrazole rings is 1. The number of nitrogens with two attached hydrogens (primary N) is 1. The van der Waals surface area contributed by atoms with Crippen molar-refractivity contribution in [3.05, 3.63) is 71.7 Å². The van der Waals surface area contributed by atoms with Gasteiger partial charge in [0.25, 0.3) is 0 Å². The van der Waals surface area contributed by atoms with Crippen molar-refractivity contribution < 1.29 is 4.39 Å². The normalized spacial score (nSPS) is 19.4. The quantitative estimate of drug-likeness (QED) is 0.502. The first-order chi connectivity index (χ1) is 14.6. The number of halogens is 1. The number of aromatic nitrogens is 5. The molecule has 3 heterocycles. The van der Waals surface area contributed by atoms with Gasteiger partial charge in [0.05, 0.1) is 11.4 Å². The highest BCUT2D eigenvalue weighted by molar-refractivity contribution is 5.71. The second-order valence-corrected chi connectivity index (χ2v) is 8.43. The van der Waals surface area contributed by atoms with Gasteiger partial charge in [0.15, 0.2) is 0 Å². The molecule has 0 unspecified atom stereocenters. The van der Waals surface area contributed by atoms with Gasteiger partial charge in [-0.15, -0.1) is 5.10 Å². The Bertz CT molecular complexity index is 1230. The summed E-state index contributed by atoms with van der Waals surface area (Å²) in [5, 5.41) is 12.5. The average molecular weight is 400 g/mol. The van der Waals surface area contributed by atoms with Crippen molar-refractivity contribution in [1.29, 1.82) is 0 Å². The van der Waals surface area contributed by atoms with Crippen LogP contribution in [-0.4, -0.2) is 30.8 Å². The van der Waals surface area contributed by atoms with Crippen LogP contribution in [0.2, 0.25) is 0 Å². The molecule has 6 rings (SSSR count). The molecule has 4 aromatic rings. The molecule has 7 heteroatoms. The van der Waals surface area contributed by atoms with Crippen molar-refractivity contribution >= 4 is 0 Å². The highest BCUT2D eigenvalue weighted by Gasteiger charge is 2.27. The van der Waals surface area contributed by atoms with Crippen molar-refractivity contribution in [2.75, 3.05) is 0 Å². The molecule has 2 aromatic heterocycles. The van der Waals surface area contributed by atoms with Crippen LogP contribution in [0.3, 0.4) is 0 Å². The molecule has 1 aliphatic carbocycles. The van der Waals surface area contributed by atoms with Crippen molar-refractivity contribution in [1.82, 2.24) is 24.8 Å². The third kappa shape index (κ3) is 2.85. The van der Waals surface area contributed by atoms with Crippen LogP contribution >= 0.6 is 0 Å². The Morgan fingerprint density at radius 2 is 1.87 bits per heavy atom. The Balaban J connectivity index is 1.41. The first-order valence-electron chi connectivity index (χ1n) is 10.3. The lowest BCUT2D eigenvalue weighted by Crippen LogP contribution is -2.37. The van der Waals surface area contributed by atoms with E-state index < -0.39 is 0 Å². The fraction of sp³-hybridized carbons (Fsp3) is 0.261. The minimum absolute atomic E-state index is 0.239. The van der Waals surface area contributed by atoms with Crippen LogP contribution < -0.4 is 5.73 Å². The molecule has 0 bridgehead atoms. The van der Waals surface area contributed by atoms with Gasteiger partial charge in [-0.1, -0.05) is 24.3 Å². The Hall–Kier alpha value is -3.32. The minimum atomic E-state index is -0.239. The summed E-state index contributed by atoms with van der Waals surface area (Å²) in [6.45, 7) is 0.717. The van der Waals surface area contributed by atoms with Crippen molar-refractivity contribution in [2.45, 2.75) is 31.8 Å². The predicted molar refractivity (Wildman–Crippen MR) is 111 cm³/mol. The molecule has 1 fully saturated rings. The van der Waals surface area contributed by atoms with Gasteiger partial charge in [-0.2, -0.15) is 4.68 Å². The maximum atomic E-state index is 13.3. The summed E-state index contributed by atoms with van der Waals surface area (Å²) in [7, 11) is 0. The fourth-order valence-corrected chi connectivity index (χ4v) is 4.71. The number of rotatable bonds is 3. The lowest BCUT2D eigenvalue weighted by molar-refractivity contribution is 0.264. The van der Waals surface area contributed by atoms with Crippen LogP contribution in [0.25, 0.3) is 28.3 Å². The zero-order valence-electron chi connectivity index (χ0n) is 16.4. The first-order valence-corrected chi connectivity index (χ1v) is 10.3. The number of benzene rings is 2. The van der Waals surface area contributed by atoms with Gasteiger partial charge in [-0.05, 0) is 76.6 Å². The van der Waals surface area contributed by atoms with Crippen LogP contribution in [0, 0.1) is 11.7 Å². The van der Waals surface area contributed by atoms with Gasteiger partial charge in [0, 0.05) is 24.3 Å². The molecule has 1 saturated carbocycles. The standard InChI is InChI=1S/C23H21FN6/c24-19-4-2-16(3-5-19)17-11-22-23-26-27-28-30(23)21-6-1-14(7-15-9-20(25)10-15)8-18(21)13-29(22)12-17/h1-6,8,11-12,15,20H,7,9-10,13,25H2. The molecule has 2 N–H and O–H groups in total. The summed E-state index contributed by atoms with van der Waals surface area (Å²) in [5.41, 5.74) is 12.4. The van der Waals surface area contributed by atoms with E-state index in [1.54, 1.807) is 12.1 Å². The van der Waals surface area contributed by atoms with E-state index in [0.717, 1.165) is 48.3 Å². The Morgan fingerprint density at radius 1 is 1.03 bits per heavy atom. The maximum absolute atomic E-state index is 13.3.